The summed E-state index contributed by atoms with van der Waals surface area (Å²) in [5, 5.41) is 8.80. The molecule has 1 aliphatic heterocycles. The first-order valence-electron chi connectivity index (χ1n) is 7.20. The van der Waals surface area contributed by atoms with E-state index in [0.29, 0.717) is 12.3 Å². The topological polar surface area (TPSA) is 38.7 Å². The molecule has 0 bridgehead atoms. The number of aliphatic hydroxyl groups excluding tert-OH is 1. The molecular formula is C17H22O3. The molecule has 1 aromatic rings. The summed E-state index contributed by atoms with van der Waals surface area (Å²) in [5.41, 5.74) is 2.07. The Morgan fingerprint density at radius 2 is 2.15 bits per heavy atom. The molecule has 0 aliphatic carbocycles. The van der Waals surface area contributed by atoms with Crippen LogP contribution in [-0.4, -0.2) is 31.5 Å². The van der Waals surface area contributed by atoms with Gasteiger partial charge in [-0.15, -0.1) is 0 Å². The van der Waals surface area contributed by atoms with Gasteiger partial charge in [-0.1, -0.05) is 17.9 Å². The summed E-state index contributed by atoms with van der Waals surface area (Å²) in [7, 11) is 0. The molecule has 1 aliphatic rings. The summed E-state index contributed by atoms with van der Waals surface area (Å²) in [6, 6.07) is 6.05. The lowest BCUT2D eigenvalue weighted by molar-refractivity contribution is 0.0497. The van der Waals surface area contributed by atoms with Crippen LogP contribution in [0.4, 0.5) is 0 Å². The van der Waals surface area contributed by atoms with E-state index in [-0.39, 0.29) is 6.61 Å². The van der Waals surface area contributed by atoms with E-state index in [1.54, 1.807) is 0 Å². The van der Waals surface area contributed by atoms with Crippen molar-refractivity contribution < 1.29 is 14.6 Å². The Kier molecular flexibility index (Phi) is 5.91. The zero-order chi connectivity index (χ0) is 14.2. The summed E-state index contributed by atoms with van der Waals surface area (Å²) < 4.78 is 11.3. The lowest BCUT2D eigenvalue weighted by Crippen LogP contribution is -2.21. The van der Waals surface area contributed by atoms with E-state index < -0.39 is 0 Å². The fourth-order valence-corrected chi connectivity index (χ4v) is 2.20. The fraction of sp³-hybridized carbons (Fsp3) is 0.529. The van der Waals surface area contributed by atoms with Gasteiger partial charge in [-0.25, -0.2) is 0 Å². The Morgan fingerprint density at radius 1 is 1.35 bits per heavy atom. The highest BCUT2D eigenvalue weighted by molar-refractivity contribution is 5.48. The lowest BCUT2D eigenvalue weighted by Gasteiger charge is -2.22. The van der Waals surface area contributed by atoms with Crippen molar-refractivity contribution >= 4 is 0 Å². The number of rotatable bonds is 4. The Hall–Kier alpha value is -1.50. The van der Waals surface area contributed by atoms with Crippen LogP contribution in [0.15, 0.2) is 18.2 Å². The third-order valence-corrected chi connectivity index (χ3v) is 3.41. The van der Waals surface area contributed by atoms with Gasteiger partial charge < -0.3 is 14.6 Å². The first-order chi connectivity index (χ1) is 9.79. The Balaban J connectivity index is 2.00. The zero-order valence-corrected chi connectivity index (χ0v) is 12.0. The standard InChI is InChI=1S/C17H22O3/c1-14-5-6-17(16(12-14)4-2-3-9-18)20-13-15-7-10-19-11-8-15/h5-6,12,15,18H,3,7-11,13H2,1H3. The van der Waals surface area contributed by atoms with Crippen molar-refractivity contribution in [1.29, 1.82) is 0 Å². The maximum atomic E-state index is 8.80. The van der Waals surface area contributed by atoms with Gasteiger partial charge in [0.15, 0.2) is 0 Å². The molecule has 3 nitrogen and oxygen atoms in total. The molecule has 2 rings (SSSR count). The van der Waals surface area contributed by atoms with E-state index in [0.717, 1.165) is 49.5 Å². The van der Waals surface area contributed by atoms with E-state index in [2.05, 4.69) is 11.8 Å². The zero-order valence-electron chi connectivity index (χ0n) is 12.0. The molecule has 0 radical (unpaired) electrons. The van der Waals surface area contributed by atoms with Crippen molar-refractivity contribution in [3.05, 3.63) is 29.3 Å². The summed E-state index contributed by atoms with van der Waals surface area (Å²) in [4.78, 5) is 0. The first-order valence-corrected chi connectivity index (χ1v) is 7.20. The molecule has 1 heterocycles. The van der Waals surface area contributed by atoms with Crippen LogP contribution in [0.5, 0.6) is 5.75 Å². The van der Waals surface area contributed by atoms with Crippen LogP contribution in [0.2, 0.25) is 0 Å². The summed E-state index contributed by atoms with van der Waals surface area (Å²) >= 11 is 0. The second-order valence-electron chi connectivity index (χ2n) is 5.14. The largest absolute Gasteiger partial charge is 0.492 e. The SMILES string of the molecule is Cc1ccc(OCC2CCOCC2)c(C#CCCO)c1. The highest BCUT2D eigenvalue weighted by atomic mass is 16.5. The normalized spacial score (nSPS) is 15.5. The van der Waals surface area contributed by atoms with E-state index in [4.69, 9.17) is 14.6 Å². The van der Waals surface area contributed by atoms with Crippen LogP contribution < -0.4 is 4.74 Å². The monoisotopic (exact) mass is 274 g/mol. The maximum Gasteiger partial charge on any atom is 0.134 e. The lowest BCUT2D eigenvalue weighted by atomic mass is 10.0. The Bertz CT molecular complexity index is 479. The molecule has 1 N–H and O–H groups in total. The second kappa shape index (κ2) is 7.94. The molecule has 0 saturated carbocycles. The molecule has 1 saturated heterocycles. The molecule has 0 spiro atoms. The predicted molar refractivity (Wildman–Crippen MR) is 78.8 cm³/mol. The number of aryl methyl sites for hydroxylation is 1. The molecule has 0 unspecified atom stereocenters. The second-order valence-corrected chi connectivity index (χ2v) is 5.14. The summed E-state index contributed by atoms with van der Waals surface area (Å²) in [6.07, 6.45) is 2.63. The fourth-order valence-electron chi connectivity index (χ4n) is 2.20. The van der Waals surface area contributed by atoms with Crippen molar-refractivity contribution in [1.82, 2.24) is 0 Å². The molecule has 0 aromatic heterocycles. The highest BCUT2D eigenvalue weighted by Gasteiger charge is 2.15. The van der Waals surface area contributed by atoms with E-state index in [1.165, 1.54) is 0 Å². The molecule has 3 heteroatoms. The number of ether oxygens (including phenoxy) is 2. The molecule has 0 amide bonds. The van der Waals surface area contributed by atoms with Gasteiger partial charge in [0, 0.05) is 19.6 Å². The van der Waals surface area contributed by atoms with Gasteiger partial charge in [0.1, 0.15) is 5.75 Å². The van der Waals surface area contributed by atoms with E-state index in [9.17, 15) is 0 Å². The van der Waals surface area contributed by atoms with Crippen LogP contribution in [0, 0.1) is 24.7 Å². The summed E-state index contributed by atoms with van der Waals surface area (Å²) in [6.45, 7) is 4.54. The van der Waals surface area contributed by atoms with Crippen molar-refractivity contribution in [2.45, 2.75) is 26.2 Å². The minimum absolute atomic E-state index is 0.0943. The summed E-state index contributed by atoms with van der Waals surface area (Å²) in [5.74, 6) is 7.45. The van der Waals surface area contributed by atoms with Gasteiger partial charge >= 0.3 is 0 Å². The highest BCUT2D eigenvalue weighted by Crippen LogP contribution is 2.22. The van der Waals surface area contributed by atoms with Gasteiger partial charge in [-0.05, 0) is 43.4 Å². The van der Waals surface area contributed by atoms with Crippen molar-refractivity contribution in [3.63, 3.8) is 0 Å². The minimum Gasteiger partial charge on any atom is -0.492 e. The van der Waals surface area contributed by atoms with Gasteiger partial charge in [0.2, 0.25) is 0 Å². The number of hydrogen-bond acceptors (Lipinski definition) is 3. The average molecular weight is 274 g/mol. The minimum atomic E-state index is 0.0943. The van der Waals surface area contributed by atoms with Crippen LogP contribution in [0.3, 0.4) is 0 Å². The predicted octanol–water partition coefficient (Wildman–Crippen LogP) is 2.53. The Morgan fingerprint density at radius 3 is 2.90 bits per heavy atom. The first kappa shape index (κ1) is 14.9. The number of aliphatic hydroxyl groups is 1. The molecule has 20 heavy (non-hydrogen) atoms. The number of hydrogen-bond donors (Lipinski definition) is 1. The van der Waals surface area contributed by atoms with Crippen LogP contribution in [0.25, 0.3) is 0 Å². The van der Waals surface area contributed by atoms with Crippen LogP contribution in [0.1, 0.15) is 30.4 Å². The maximum absolute atomic E-state index is 8.80. The molecule has 0 atom stereocenters. The van der Waals surface area contributed by atoms with Crippen LogP contribution >= 0.6 is 0 Å². The third kappa shape index (κ3) is 4.56. The quantitative estimate of drug-likeness (QED) is 0.858. The average Bonchev–Trinajstić information content (AvgIpc) is 2.48. The molecule has 1 aromatic carbocycles. The van der Waals surface area contributed by atoms with Crippen molar-refractivity contribution in [3.8, 4) is 17.6 Å². The van der Waals surface area contributed by atoms with Crippen molar-refractivity contribution in [2.24, 2.45) is 5.92 Å². The van der Waals surface area contributed by atoms with E-state index in [1.807, 2.05) is 25.1 Å². The number of benzene rings is 1. The van der Waals surface area contributed by atoms with E-state index >= 15 is 0 Å². The van der Waals surface area contributed by atoms with Gasteiger partial charge in [-0.3, -0.25) is 0 Å². The molecule has 1 fully saturated rings. The smallest absolute Gasteiger partial charge is 0.134 e. The van der Waals surface area contributed by atoms with Crippen LogP contribution in [-0.2, 0) is 4.74 Å². The third-order valence-electron chi connectivity index (χ3n) is 3.41. The molecular weight excluding hydrogens is 252 g/mol. The van der Waals surface area contributed by atoms with Crippen molar-refractivity contribution in [2.75, 3.05) is 26.4 Å². The molecule has 108 valence electrons. The van der Waals surface area contributed by atoms with Gasteiger partial charge in [0.25, 0.3) is 0 Å². The van der Waals surface area contributed by atoms with Gasteiger partial charge in [0.05, 0.1) is 18.8 Å². The van der Waals surface area contributed by atoms with Gasteiger partial charge in [-0.2, -0.15) is 0 Å². The Labute approximate surface area is 120 Å².